The molecule has 3 heteroatoms. The maximum atomic E-state index is 6.72. The highest BCUT2D eigenvalue weighted by Crippen LogP contribution is 2.56. The number of rotatable bonds is 12. The largest absolute Gasteiger partial charge is 0.456 e. The van der Waals surface area contributed by atoms with Gasteiger partial charge in [0, 0.05) is 43.4 Å². The molecule has 684 valence electrons. The molecule has 27 aromatic carbocycles. The van der Waals surface area contributed by atoms with Crippen molar-refractivity contribution in [2.75, 3.05) is 0 Å². The number of hydrogen-bond donors (Lipinski definition) is 0. The molecule has 3 heterocycles. The fraction of sp³-hybridized carbons (Fsp3) is 0. The molecule has 3 nitrogen and oxygen atoms in total. The van der Waals surface area contributed by atoms with E-state index in [1.807, 2.05) is 0 Å². The highest BCUT2D eigenvalue weighted by atomic mass is 16.3. The van der Waals surface area contributed by atoms with Gasteiger partial charge >= 0.3 is 0 Å². The third kappa shape index (κ3) is 14.4. The first-order valence-electron chi connectivity index (χ1n) is 50.6. The fourth-order valence-corrected chi connectivity index (χ4v) is 24.0. The van der Waals surface area contributed by atoms with Crippen molar-refractivity contribution in [3.05, 3.63) is 546 Å². The van der Waals surface area contributed by atoms with Crippen LogP contribution in [0.25, 0.3) is 296 Å². The Morgan fingerprint density at radius 1 is 0.102 bits per heavy atom. The Kier molecular flexibility index (Phi) is 21.0. The van der Waals surface area contributed by atoms with Crippen LogP contribution in [0.5, 0.6) is 0 Å². The fourth-order valence-electron chi connectivity index (χ4n) is 24.0. The van der Waals surface area contributed by atoms with Crippen molar-refractivity contribution in [3.8, 4) is 134 Å². The van der Waals surface area contributed by atoms with Gasteiger partial charge in [-0.2, -0.15) is 0 Å². The molecule has 0 aliphatic rings. The lowest BCUT2D eigenvalue weighted by Crippen LogP contribution is -1.93. The predicted molar refractivity (Wildman–Crippen MR) is 624 cm³/mol. The average molecular weight is 1870 g/mol. The summed E-state index contributed by atoms with van der Waals surface area (Å²) in [5, 5.41) is 29.0. The van der Waals surface area contributed by atoms with Crippen LogP contribution >= 0.6 is 0 Å². The molecule has 0 bridgehead atoms. The van der Waals surface area contributed by atoms with Crippen LogP contribution in [0, 0.1) is 0 Å². The lowest BCUT2D eigenvalue weighted by Gasteiger charge is -2.20. The van der Waals surface area contributed by atoms with Crippen LogP contribution in [0.3, 0.4) is 0 Å². The van der Waals surface area contributed by atoms with Crippen LogP contribution < -0.4 is 0 Å². The highest BCUT2D eigenvalue weighted by Gasteiger charge is 2.30. The Morgan fingerprint density at radius 2 is 0.347 bits per heavy atom. The number of para-hydroxylation sites is 3. The van der Waals surface area contributed by atoms with E-state index in [1.165, 1.54) is 203 Å². The molecule has 0 fully saturated rings. The molecule has 0 amide bonds. The van der Waals surface area contributed by atoms with Crippen molar-refractivity contribution in [2.24, 2.45) is 0 Å². The zero-order valence-electron chi connectivity index (χ0n) is 80.2. The second-order valence-corrected chi connectivity index (χ2v) is 38.3. The summed E-state index contributed by atoms with van der Waals surface area (Å²) in [6.45, 7) is 0. The molecule has 0 atom stereocenters. The van der Waals surface area contributed by atoms with Gasteiger partial charge in [0.2, 0.25) is 0 Å². The Hall–Kier alpha value is -19.3. The molecular formula is C144H90O3. The van der Waals surface area contributed by atoms with Gasteiger partial charge in [-0.25, -0.2) is 0 Å². The van der Waals surface area contributed by atoms with Crippen molar-refractivity contribution >= 4 is 163 Å². The monoisotopic (exact) mass is 1870 g/mol. The number of furan rings is 3. The summed E-state index contributed by atoms with van der Waals surface area (Å²) in [6, 6.07) is 197. The summed E-state index contributed by atoms with van der Waals surface area (Å²) >= 11 is 0. The van der Waals surface area contributed by atoms with Crippen LogP contribution in [0.4, 0.5) is 0 Å². The van der Waals surface area contributed by atoms with E-state index in [1.54, 1.807) is 0 Å². The molecule has 0 unspecified atom stereocenters. The molecule has 3 aromatic heterocycles. The van der Waals surface area contributed by atoms with Gasteiger partial charge in [0.15, 0.2) is 0 Å². The smallest absolute Gasteiger partial charge is 0.143 e. The Morgan fingerprint density at radius 3 is 0.789 bits per heavy atom. The first kappa shape index (κ1) is 85.6. The third-order valence-electron chi connectivity index (χ3n) is 30.2. The molecule has 0 saturated carbocycles. The Balaban J connectivity index is 0.000000107. The van der Waals surface area contributed by atoms with Crippen LogP contribution in [0.1, 0.15) is 0 Å². The molecular weight excluding hydrogens is 1780 g/mol. The first-order valence-corrected chi connectivity index (χ1v) is 50.6. The van der Waals surface area contributed by atoms with Gasteiger partial charge in [-0.3, -0.25) is 0 Å². The minimum absolute atomic E-state index is 0.897. The third-order valence-corrected chi connectivity index (χ3v) is 30.2. The normalized spacial score (nSPS) is 11.7. The van der Waals surface area contributed by atoms with E-state index in [-0.39, 0.29) is 0 Å². The molecule has 0 spiro atoms. The van der Waals surface area contributed by atoms with Gasteiger partial charge in [-0.15, -0.1) is 0 Å². The van der Waals surface area contributed by atoms with Crippen molar-refractivity contribution in [3.63, 3.8) is 0 Å². The zero-order chi connectivity index (χ0) is 96.9. The predicted octanol–water partition coefficient (Wildman–Crippen LogP) is 41.1. The summed E-state index contributed by atoms with van der Waals surface area (Å²) in [5.41, 5.74) is 34.4. The van der Waals surface area contributed by atoms with Crippen molar-refractivity contribution < 1.29 is 13.3 Å². The average Bonchev–Trinajstić information content (AvgIpc) is 1.70. The molecule has 0 aliphatic carbocycles. The first-order chi connectivity index (χ1) is 73.0. The minimum atomic E-state index is 0.897. The van der Waals surface area contributed by atoms with E-state index in [9.17, 15) is 0 Å². The summed E-state index contributed by atoms with van der Waals surface area (Å²) in [6.07, 6.45) is 0. The van der Waals surface area contributed by atoms with Gasteiger partial charge in [0.05, 0.1) is 0 Å². The number of fused-ring (bicyclic) bond motifs is 18. The SMILES string of the molecule is c1ccc(-c2ccc(-c3c4ccccc4c(-c4ccccc4-c4cccc5ccccc45)c4ccccc34)c3c2oc2ccccc23)cc1.c1ccc(-c2cccc3c2oc2cccc(-c4c5ccccc5c(-c5ccccc5-c5cccc6ccccc56)c5ccccc45)c23)cc1.c1ccc(-c2ccccc2-c2c3ccccc3c(-c3cc(-c4cccc5ccccc45)cc4oc5ccccc5c34)c3ccccc23)cc1. The lowest BCUT2D eigenvalue weighted by atomic mass is 9.82. The van der Waals surface area contributed by atoms with Gasteiger partial charge in [0.25, 0.3) is 0 Å². The van der Waals surface area contributed by atoms with E-state index in [0.29, 0.717) is 0 Å². The Bertz CT molecular complexity index is 10300. The van der Waals surface area contributed by atoms with Crippen molar-refractivity contribution in [2.45, 2.75) is 0 Å². The van der Waals surface area contributed by atoms with E-state index in [2.05, 4.69) is 546 Å². The van der Waals surface area contributed by atoms with E-state index < -0.39 is 0 Å². The molecule has 0 aliphatic heterocycles. The van der Waals surface area contributed by atoms with Gasteiger partial charge in [0.1, 0.15) is 33.5 Å². The molecule has 30 rings (SSSR count). The Labute approximate surface area is 849 Å². The second kappa shape index (κ2) is 36.0. The topological polar surface area (TPSA) is 39.4 Å². The molecule has 0 radical (unpaired) electrons. The van der Waals surface area contributed by atoms with Crippen LogP contribution in [0.15, 0.2) is 559 Å². The standard InChI is InChI=1S/3C48H30O/c1-2-15-32(16-3-1)34-26-13-29-43-47-42(28-14-30-44(47)49-48(34)43)46-40-24-10-8-22-38(40)45(39-23-9-11-25-41(39)46)37-21-7-6-20-36(37)35-27-12-18-31-17-4-5-19-33(31)35;1-2-15-31(16-3-1)35-20-6-7-21-37(35)46-38-22-8-10-24-40(38)47(41-25-11-9-23-39(41)46)43-29-33(36-27-14-18-32-17-4-5-19-34(32)36)30-45-48(43)42-26-12-13-28-44(42)49-45;1-2-15-32(16-3-1)34-29-30-43(47-42-26-12-13-28-44(42)49-48(34)47)46-40-24-10-8-22-38(40)45(39-23-9-11-25-41(39)46)37-21-7-6-20-36(37)35-27-14-18-31-17-4-5-19-33(31)35/h3*1-30H. The van der Waals surface area contributed by atoms with E-state index in [4.69, 9.17) is 13.3 Å². The van der Waals surface area contributed by atoms with Crippen LogP contribution in [0.2, 0.25) is 0 Å². The van der Waals surface area contributed by atoms with Gasteiger partial charge in [-0.1, -0.05) is 510 Å². The van der Waals surface area contributed by atoms with Gasteiger partial charge in [-0.05, 0) is 256 Å². The van der Waals surface area contributed by atoms with Crippen molar-refractivity contribution in [1.29, 1.82) is 0 Å². The van der Waals surface area contributed by atoms with Crippen LogP contribution in [-0.4, -0.2) is 0 Å². The van der Waals surface area contributed by atoms with Gasteiger partial charge < -0.3 is 13.3 Å². The zero-order valence-corrected chi connectivity index (χ0v) is 80.2. The van der Waals surface area contributed by atoms with E-state index in [0.717, 1.165) is 93.6 Å². The minimum Gasteiger partial charge on any atom is -0.456 e. The summed E-state index contributed by atoms with van der Waals surface area (Å²) in [5.74, 6) is 0. The highest BCUT2D eigenvalue weighted by molar-refractivity contribution is 6.32. The summed E-state index contributed by atoms with van der Waals surface area (Å²) in [7, 11) is 0. The van der Waals surface area contributed by atoms with Crippen LogP contribution in [-0.2, 0) is 0 Å². The molecule has 0 N–H and O–H groups in total. The summed E-state index contributed by atoms with van der Waals surface area (Å²) < 4.78 is 20.1. The maximum absolute atomic E-state index is 6.72. The molecule has 147 heavy (non-hydrogen) atoms. The lowest BCUT2D eigenvalue weighted by molar-refractivity contribution is 0.669. The maximum Gasteiger partial charge on any atom is 0.143 e. The number of benzene rings is 27. The molecule has 30 aromatic rings. The van der Waals surface area contributed by atoms with E-state index >= 15 is 0 Å². The quantitative estimate of drug-likeness (QED) is 0.114. The summed E-state index contributed by atoms with van der Waals surface area (Å²) in [4.78, 5) is 0. The number of hydrogen-bond acceptors (Lipinski definition) is 3. The second-order valence-electron chi connectivity index (χ2n) is 38.3. The van der Waals surface area contributed by atoms with Crippen molar-refractivity contribution in [1.82, 2.24) is 0 Å². The molecule has 0 saturated heterocycles.